The Morgan fingerprint density at radius 1 is 0.500 bits per heavy atom. The molecule has 8 aromatic heterocycles. The predicted octanol–water partition coefficient (Wildman–Crippen LogP) is 4.86. The second-order valence-electron chi connectivity index (χ2n) is 31.0. The number of methoxy groups -OCH3 is 3. The third-order valence-electron chi connectivity index (χ3n) is 22.6. The van der Waals surface area contributed by atoms with Gasteiger partial charge in [-0.2, -0.15) is 7.11 Å². The van der Waals surface area contributed by atoms with Gasteiger partial charge in [-0.1, -0.05) is 45.0 Å². The average Bonchev–Trinajstić information content (AvgIpc) is 1.45. The summed E-state index contributed by atoms with van der Waals surface area (Å²) >= 11 is 8.01. The predicted molar refractivity (Wildman–Crippen MR) is 470 cm³/mol. The molecule has 736 valence electrons. The molecule has 24 unspecified atom stereocenters. The SMILES string of the molecule is C#Cc1nccs1.COC1C(SC2COCC(N=[N+]=[N-])C2O)OC(COC(C)=O)C(C)C1n1cc(-c2cc(F)c(F)c(F)c2)nn1.COC1C(SC2COCC(n3cc(-c4nccs4)nn3)C2O)OC(CO)C(O)C1n1cc(-c2cc(F)c(F)c(F)c2)nn1.COC1C(SC2COCC(n3cc(-c4nccs4)nn3)C2O)OC(COC(C)=O)C(C)C1n1cc(-c2cc(F)c(F)c(F)c2)nn1.C[O-].[Na+]. The number of thiazole rings is 3. The summed E-state index contributed by atoms with van der Waals surface area (Å²) in [5.41, 5.74) is 7.78. The molecule has 56 heteroatoms. The number of hydrogen-bond acceptors (Lipinski definition) is 39. The summed E-state index contributed by atoms with van der Waals surface area (Å²) in [5, 5.41) is 114. The average molecular weight is 2060 g/mol. The number of aliphatic hydroxyl groups is 5. The van der Waals surface area contributed by atoms with Crippen LogP contribution in [-0.2, 0) is 61.7 Å². The maximum atomic E-state index is 14.0. The Morgan fingerprint density at radius 3 is 1.17 bits per heavy atom. The van der Waals surface area contributed by atoms with Gasteiger partial charge in [0.15, 0.2) is 57.4 Å². The molecule has 0 spiro atoms. The van der Waals surface area contributed by atoms with E-state index in [0.29, 0.717) is 21.4 Å². The molecule has 0 radical (unpaired) electrons. The Balaban J connectivity index is 0.000000177. The number of ether oxygens (including phenoxy) is 11. The first-order valence-corrected chi connectivity index (χ1v) is 47.0. The Bertz CT molecular complexity index is 5820. The number of rotatable bonds is 25. The van der Waals surface area contributed by atoms with Gasteiger partial charge in [0.1, 0.15) is 117 Å². The number of azide groups is 1. The van der Waals surface area contributed by atoms with Crippen LogP contribution in [0.1, 0.15) is 62.9 Å². The quantitative estimate of drug-likeness (QED) is 0.00745. The van der Waals surface area contributed by atoms with Crippen molar-refractivity contribution in [2.75, 3.05) is 87.9 Å². The minimum absolute atomic E-state index is 0. The second kappa shape index (κ2) is 50.0. The van der Waals surface area contributed by atoms with E-state index in [0.717, 1.165) is 48.5 Å². The van der Waals surface area contributed by atoms with Crippen molar-refractivity contribution in [1.29, 1.82) is 0 Å². The van der Waals surface area contributed by atoms with E-state index in [9.17, 15) is 74.6 Å². The van der Waals surface area contributed by atoms with E-state index in [1.807, 2.05) is 30.0 Å². The molecule has 11 aromatic rings. The minimum atomic E-state index is -1.61. The van der Waals surface area contributed by atoms with E-state index < -0.39 is 200 Å². The molecular formula is C82H89F9N21NaO19S6. The van der Waals surface area contributed by atoms with Crippen LogP contribution in [-0.4, -0.2) is 314 Å². The van der Waals surface area contributed by atoms with Gasteiger partial charge in [0.25, 0.3) is 0 Å². The maximum Gasteiger partial charge on any atom is 1.00 e. The van der Waals surface area contributed by atoms with Crippen molar-refractivity contribution in [2.24, 2.45) is 17.0 Å². The van der Waals surface area contributed by atoms with Crippen LogP contribution in [0.3, 0.4) is 0 Å². The van der Waals surface area contributed by atoms with Crippen molar-refractivity contribution >= 4 is 81.2 Å². The molecule has 6 aliphatic heterocycles. The molecule has 138 heavy (non-hydrogen) atoms. The third kappa shape index (κ3) is 25.3. The smallest absolute Gasteiger partial charge is 0.857 e. The fourth-order valence-corrected chi connectivity index (χ4v) is 21.8. The first-order valence-electron chi connectivity index (χ1n) is 41.5. The molecule has 3 aromatic carbocycles. The number of benzene rings is 3. The van der Waals surface area contributed by atoms with Crippen molar-refractivity contribution in [3.63, 3.8) is 0 Å². The molecule has 40 nitrogen and oxygen atoms in total. The van der Waals surface area contributed by atoms with Gasteiger partial charge < -0.3 is 82.7 Å². The van der Waals surface area contributed by atoms with E-state index in [-0.39, 0.29) is 128 Å². The van der Waals surface area contributed by atoms with Crippen LogP contribution in [0.5, 0.6) is 0 Å². The van der Waals surface area contributed by atoms with Gasteiger partial charge in [-0.05, 0) is 47.8 Å². The fourth-order valence-electron chi connectivity index (χ4n) is 15.7. The standard InChI is InChI=1S/C28H30F3N7O6S2.C25H26F3N7O6S2.C23H27F3N6O6S.C5H3NS.CH3O.Na/c1-13-21(11-43-14(2)39)44-28(26(41-3)24(13)38-8-18(33-36-38)15-6-16(29)23(31)17(30)7-15)46-22-12-42-10-20(25(22)40)37-9-19(34-35-37)27-32-4-5-45-27;1-39-23-20(35-6-14(30-33-35)11-4-12(26)19(28)13(27)5-11)22(38)17(8-36)41-25(23)43-18-10-40-9-16(21(18)37)34-7-15(31-32-34)24-29-2-3-42-24;1-10-17(8-37-11(2)33)38-23(39-18-9-36-7-16(21(18)34)28-30-27)22(35-3)20(10)32-6-15(29-31-32)12-4-13(24)19(26)14(25)5-12;1-2-5-6-3-4-7-5;1-2;/h4-9,13,20-22,24-26,28,40H,10-12H2,1-3H3;2-7,16-18,20-23,25,36-38H,8-10H2,1H3;4-6,10,16-18,20-23,34H,7-9H2,1-3H3;1,3-4H;1H3;/q;;;;-1;+1. The number of aliphatic hydroxyl groups excluding tert-OH is 5. The molecule has 24 atom stereocenters. The molecule has 0 aliphatic carbocycles. The molecule has 0 amide bonds. The van der Waals surface area contributed by atoms with Crippen LogP contribution in [0.2, 0.25) is 0 Å². The molecule has 0 saturated carbocycles. The van der Waals surface area contributed by atoms with Crippen molar-refractivity contribution in [3.05, 3.63) is 170 Å². The molecule has 6 saturated heterocycles. The number of carbonyl (C=O) groups excluding carboxylic acids is 2. The van der Waals surface area contributed by atoms with E-state index in [2.05, 4.69) is 82.5 Å². The van der Waals surface area contributed by atoms with Gasteiger partial charge >= 0.3 is 41.5 Å². The summed E-state index contributed by atoms with van der Waals surface area (Å²) in [6.07, 6.45) is 8.85. The van der Waals surface area contributed by atoms with Gasteiger partial charge in [-0.15, -0.1) is 101 Å². The normalized spacial score (nSPS) is 27.9. The summed E-state index contributed by atoms with van der Waals surface area (Å²) in [4.78, 5) is 38.3. The molecule has 6 aliphatic rings. The number of halogens is 9. The number of terminal acetylenes is 1. The van der Waals surface area contributed by atoms with Crippen LogP contribution < -0.4 is 34.7 Å². The molecule has 0 bridgehead atoms. The Labute approximate surface area is 826 Å². The molecule has 5 N–H and O–H groups in total. The van der Waals surface area contributed by atoms with Crippen LogP contribution in [0.25, 0.3) is 65.6 Å². The third-order valence-corrected chi connectivity index (χ3v) is 29.2. The number of hydrogen-bond donors (Lipinski definition) is 5. The van der Waals surface area contributed by atoms with Crippen molar-refractivity contribution < 1.29 is 161 Å². The van der Waals surface area contributed by atoms with E-state index in [1.165, 1.54) is 142 Å². The van der Waals surface area contributed by atoms with E-state index >= 15 is 0 Å². The monoisotopic (exact) mass is 2060 g/mol. The fraction of sp³-hybridized carbons (Fsp3) is 0.500. The molecule has 6 fully saturated rings. The first kappa shape index (κ1) is 108. The van der Waals surface area contributed by atoms with Gasteiger partial charge in [0, 0.05) is 103 Å². The summed E-state index contributed by atoms with van der Waals surface area (Å²) in [6.45, 7) is 6.55. The Hall–Kier alpha value is -9.12. The topological polar surface area (TPSA) is 501 Å². The van der Waals surface area contributed by atoms with Gasteiger partial charge in [0.05, 0.1) is 142 Å². The molecule has 14 heterocycles. The summed E-state index contributed by atoms with van der Waals surface area (Å²) in [5.74, 6) is -12.3. The van der Waals surface area contributed by atoms with Crippen LogP contribution in [0.15, 0.2) is 107 Å². The van der Waals surface area contributed by atoms with Crippen LogP contribution in [0.4, 0.5) is 39.5 Å². The van der Waals surface area contributed by atoms with E-state index in [1.54, 1.807) is 35.7 Å². The minimum Gasteiger partial charge on any atom is -0.857 e. The zero-order chi connectivity index (χ0) is 98.2. The van der Waals surface area contributed by atoms with Crippen molar-refractivity contribution in [2.45, 2.75) is 157 Å². The number of carbonyl (C=O) groups is 2. The zero-order valence-electron chi connectivity index (χ0n) is 74.3. The van der Waals surface area contributed by atoms with Gasteiger partial charge in [-0.3, -0.25) is 9.59 Å². The Kier molecular flexibility index (Phi) is 39.0. The number of aromatic nitrogens is 18. The summed E-state index contributed by atoms with van der Waals surface area (Å²) < 4.78 is 195. The van der Waals surface area contributed by atoms with Gasteiger partial charge in [0.2, 0.25) is 0 Å². The molecule has 17 rings (SSSR count). The van der Waals surface area contributed by atoms with Crippen LogP contribution >= 0.6 is 69.3 Å². The van der Waals surface area contributed by atoms with E-state index in [4.69, 9.17) is 69.2 Å². The van der Waals surface area contributed by atoms with Crippen molar-refractivity contribution in [3.8, 4) is 67.5 Å². The van der Waals surface area contributed by atoms with Crippen LogP contribution in [0, 0.1) is 76.5 Å². The summed E-state index contributed by atoms with van der Waals surface area (Å²) in [6, 6.07) is 0.872. The Morgan fingerprint density at radius 2 is 0.833 bits per heavy atom. The number of thioether (sulfide) groups is 3. The van der Waals surface area contributed by atoms with Gasteiger partial charge in [-0.25, -0.2) is 77.9 Å². The largest absolute Gasteiger partial charge is 1.00 e. The maximum absolute atomic E-state index is 14.0. The molecular weight excluding hydrogens is 1970 g/mol. The zero-order valence-corrected chi connectivity index (χ0v) is 81.2. The second-order valence-corrected chi connectivity index (χ2v) is 37.8. The number of nitrogens with zero attached hydrogens (tertiary/aromatic N) is 21. The number of esters is 2. The first-order chi connectivity index (χ1) is 66.0. The summed E-state index contributed by atoms with van der Waals surface area (Å²) in [7, 11) is 5.12. The van der Waals surface area contributed by atoms with Crippen molar-refractivity contribution in [1.82, 2.24) is 89.9 Å².